The average molecular weight is 301 g/mol. The van der Waals surface area contributed by atoms with E-state index in [1.54, 1.807) is 6.07 Å². The van der Waals surface area contributed by atoms with E-state index in [1.807, 2.05) is 19.1 Å². The third kappa shape index (κ3) is 5.79. The summed E-state index contributed by atoms with van der Waals surface area (Å²) in [7, 11) is 0. The molecule has 0 atom stereocenters. The van der Waals surface area contributed by atoms with Crippen LogP contribution >= 0.6 is 15.9 Å². The van der Waals surface area contributed by atoms with Crippen molar-refractivity contribution in [3.8, 4) is 0 Å². The Balaban J connectivity index is 2.21. The Hall–Kier alpha value is -0.940. The summed E-state index contributed by atoms with van der Waals surface area (Å²) in [5, 5.41) is 3.65. The summed E-state index contributed by atoms with van der Waals surface area (Å²) in [6.07, 6.45) is 0.810. The van der Waals surface area contributed by atoms with Gasteiger partial charge in [-0.05, 0) is 25.5 Å². The number of hydrogen-bond donors (Lipinski definition) is 1. The van der Waals surface area contributed by atoms with Crippen molar-refractivity contribution in [2.24, 2.45) is 0 Å². The molecule has 0 fully saturated rings. The summed E-state index contributed by atoms with van der Waals surface area (Å²) in [4.78, 5) is 15.8. The number of nitrogens with one attached hydrogen (secondary N) is 1. The maximum atomic E-state index is 11.7. The first-order valence-electron chi connectivity index (χ1n) is 5.59. The minimum absolute atomic E-state index is 0.130. The number of carbonyl (C=O) groups excluding carboxylic acids is 1. The molecule has 17 heavy (non-hydrogen) atoms. The summed E-state index contributed by atoms with van der Waals surface area (Å²) in [5.74, 6) is -0.130. The zero-order valence-electron chi connectivity index (χ0n) is 9.91. The first-order chi connectivity index (χ1) is 8.24. The number of carbonyl (C=O) groups is 1. The van der Waals surface area contributed by atoms with Gasteiger partial charge in [0.1, 0.15) is 5.69 Å². The van der Waals surface area contributed by atoms with E-state index in [1.165, 1.54) is 0 Å². The number of aromatic nitrogens is 1. The van der Waals surface area contributed by atoms with Crippen LogP contribution in [0.25, 0.3) is 0 Å². The van der Waals surface area contributed by atoms with Crippen molar-refractivity contribution in [2.45, 2.75) is 13.3 Å². The van der Waals surface area contributed by atoms with Crippen LogP contribution in [-0.4, -0.2) is 36.0 Å². The zero-order valence-corrected chi connectivity index (χ0v) is 11.5. The maximum absolute atomic E-state index is 11.7. The van der Waals surface area contributed by atoms with Gasteiger partial charge < -0.3 is 10.1 Å². The smallest absolute Gasteiger partial charge is 0.269 e. The number of alkyl halides is 1. The number of rotatable bonds is 7. The van der Waals surface area contributed by atoms with Gasteiger partial charge in [0.15, 0.2) is 0 Å². The lowest BCUT2D eigenvalue weighted by Gasteiger charge is -2.05. The fourth-order valence-electron chi connectivity index (χ4n) is 1.29. The second-order valence-corrected chi connectivity index (χ2v) is 4.37. The second kappa shape index (κ2) is 8.20. The molecule has 1 heterocycles. The van der Waals surface area contributed by atoms with Gasteiger partial charge in [-0.25, -0.2) is 4.98 Å². The van der Waals surface area contributed by atoms with Crippen LogP contribution in [0.5, 0.6) is 0 Å². The normalized spacial score (nSPS) is 10.2. The molecule has 5 heteroatoms. The van der Waals surface area contributed by atoms with Crippen molar-refractivity contribution < 1.29 is 9.53 Å². The van der Waals surface area contributed by atoms with Crippen molar-refractivity contribution in [2.75, 3.05) is 25.1 Å². The van der Waals surface area contributed by atoms with E-state index in [-0.39, 0.29) is 5.91 Å². The maximum Gasteiger partial charge on any atom is 0.269 e. The molecule has 1 rings (SSSR count). The molecule has 1 aromatic rings. The van der Waals surface area contributed by atoms with Crippen molar-refractivity contribution in [3.63, 3.8) is 0 Å². The van der Waals surface area contributed by atoms with E-state index in [4.69, 9.17) is 4.74 Å². The lowest BCUT2D eigenvalue weighted by Crippen LogP contribution is -2.26. The molecule has 0 radical (unpaired) electrons. The number of pyridine rings is 1. The van der Waals surface area contributed by atoms with Crippen LogP contribution < -0.4 is 5.32 Å². The van der Waals surface area contributed by atoms with Gasteiger partial charge >= 0.3 is 0 Å². The summed E-state index contributed by atoms with van der Waals surface area (Å²) >= 11 is 3.28. The predicted molar refractivity (Wildman–Crippen MR) is 70.5 cm³/mol. The second-order valence-electron chi connectivity index (χ2n) is 3.58. The molecule has 0 aliphatic carbocycles. The van der Waals surface area contributed by atoms with Gasteiger partial charge in [-0.1, -0.05) is 22.0 Å². The number of ether oxygens (including phenoxy) is 1. The van der Waals surface area contributed by atoms with Gasteiger partial charge in [0.25, 0.3) is 5.91 Å². The van der Waals surface area contributed by atoms with E-state index in [0.29, 0.717) is 25.5 Å². The van der Waals surface area contributed by atoms with E-state index in [2.05, 4.69) is 26.2 Å². The first kappa shape index (κ1) is 14.1. The van der Waals surface area contributed by atoms with Crippen molar-refractivity contribution in [3.05, 3.63) is 29.6 Å². The van der Waals surface area contributed by atoms with Gasteiger partial charge in [0.2, 0.25) is 0 Å². The standard InChI is InChI=1S/C12H17BrN2O2/c1-10-4-2-5-11(15-10)12(16)14-7-3-8-17-9-6-13/h2,4-5H,3,6-9H2,1H3,(H,14,16). The molecule has 4 nitrogen and oxygen atoms in total. The highest BCUT2D eigenvalue weighted by Gasteiger charge is 2.05. The summed E-state index contributed by atoms with van der Waals surface area (Å²) < 4.78 is 5.28. The van der Waals surface area contributed by atoms with Crippen molar-refractivity contribution in [1.29, 1.82) is 0 Å². The molecule has 0 saturated carbocycles. The Morgan fingerprint density at radius 3 is 3.00 bits per heavy atom. The van der Waals surface area contributed by atoms with Crippen molar-refractivity contribution >= 4 is 21.8 Å². The van der Waals surface area contributed by atoms with Crippen LogP contribution in [0.3, 0.4) is 0 Å². The number of nitrogens with zero attached hydrogens (tertiary/aromatic N) is 1. The molecular weight excluding hydrogens is 284 g/mol. The van der Waals surface area contributed by atoms with Gasteiger partial charge in [-0.3, -0.25) is 4.79 Å². The molecule has 0 bridgehead atoms. The number of amides is 1. The Morgan fingerprint density at radius 1 is 1.47 bits per heavy atom. The highest BCUT2D eigenvalue weighted by atomic mass is 79.9. The SMILES string of the molecule is Cc1cccc(C(=O)NCCCOCCBr)n1. The number of aryl methyl sites for hydroxylation is 1. The highest BCUT2D eigenvalue weighted by molar-refractivity contribution is 9.09. The zero-order chi connectivity index (χ0) is 12.5. The van der Waals surface area contributed by atoms with Crippen LogP contribution in [0, 0.1) is 6.92 Å². The summed E-state index contributed by atoms with van der Waals surface area (Å²) in [6.45, 7) is 3.84. The molecular formula is C12H17BrN2O2. The lowest BCUT2D eigenvalue weighted by atomic mass is 10.3. The van der Waals surface area contributed by atoms with E-state index in [9.17, 15) is 4.79 Å². The van der Waals surface area contributed by atoms with Gasteiger partial charge in [0.05, 0.1) is 6.61 Å². The van der Waals surface area contributed by atoms with Crippen LogP contribution in [-0.2, 0) is 4.74 Å². The third-order valence-electron chi connectivity index (χ3n) is 2.09. The lowest BCUT2D eigenvalue weighted by molar-refractivity contribution is 0.0939. The quantitative estimate of drug-likeness (QED) is 0.618. The molecule has 94 valence electrons. The highest BCUT2D eigenvalue weighted by Crippen LogP contribution is 1.97. The molecule has 0 aliphatic heterocycles. The van der Waals surface area contributed by atoms with Crippen LogP contribution in [0.15, 0.2) is 18.2 Å². The molecule has 0 spiro atoms. The number of hydrogen-bond acceptors (Lipinski definition) is 3. The van der Waals surface area contributed by atoms with Gasteiger partial charge in [-0.15, -0.1) is 0 Å². The van der Waals surface area contributed by atoms with Crippen molar-refractivity contribution in [1.82, 2.24) is 10.3 Å². The first-order valence-corrected chi connectivity index (χ1v) is 6.71. The fraction of sp³-hybridized carbons (Fsp3) is 0.500. The predicted octanol–water partition coefficient (Wildman–Crippen LogP) is 1.92. The molecule has 1 aromatic heterocycles. The molecule has 1 N–H and O–H groups in total. The molecule has 0 unspecified atom stereocenters. The largest absolute Gasteiger partial charge is 0.381 e. The monoisotopic (exact) mass is 300 g/mol. The molecule has 0 saturated heterocycles. The van der Waals surface area contributed by atoms with E-state index >= 15 is 0 Å². The summed E-state index contributed by atoms with van der Waals surface area (Å²) in [5.41, 5.74) is 1.31. The number of halogens is 1. The van der Waals surface area contributed by atoms with Crippen LogP contribution in [0.2, 0.25) is 0 Å². The molecule has 0 aliphatic rings. The third-order valence-corrected chi connectivity index (χ3v) is 2.42. The van der Waals surface area contributed by atoms with Gasteiger partial charge in [-0.2, -0.15) is 0 Å². The fourth-order valence-corrected chi connectivity index (χ4v) is 1.52. The minimum Gasteiger partial charge on any atom is -0.381 e. The van der Waals surface area contributed by atoms with E-state index < -0.39 is 0 Å². The average Bonchev–Trinajstić information content (AvgIpc) is 2.33. The van der Waals surface area contributed by atoms with E-state index in [0.717, 1.165) is 17.4 Å². The Labute approximate surface area is 110 Å². The Morgan fingerprint density at radius 2 is 2.29 bits per heavy atom. The Kier molecular flexibility index (Phi) is 6.81. The van der Waals surface area contributed by atoms with Gasteiger partial charge in [0, 0.05) is 24.2 Å². The Bertz CT molecular complexity index is 358. The molecule has 0 aromatic carbocycles. The summed E-state index contributed by atoms with van der Waals surface area (Å²) in [6, 6.07) is 5.41. The topological polar surface area (TPSA) is 51.2 Å². The van der Waals surface area contributed by atoms with Crippen LogP contribution in [0.1, 0.15) is 22.6 Å². The van der Waals surface area contributed by atoms with Crippen LogP contribution in [0.4, 0.5) is 0 Å². The molecule has 1 amide bonds. The minimum atomic E-state index is -0.130.